The number of aromatic nitrogens is 1. The van der Waals surface area contributed by atoms with Crippen molar-refractivity contribution in [1.29, 1.82) is 0 Å². The van der Waals surface area contributed by atoms with Crippen LogP contribution in [0.25, 0.3) is 22.2 Å². The van der Waals surface area contributed by atoms with Crippen LogP contribution in [0.15, 0.2) is 16.8 Å². The minimum absolute atomic E-state index is 1.20. The molecule has 0 fully saturated rings. The van der Waals surface area contributed by atoms with E-state index in [2.05, 4.69) is 21.8 Å². The van der Waals surface area contributed by atoms with E-state index in [1.807, 2.05) is 0 Å². The number of pyridine rings is 1. The first kappa shape index (κ1) is 4.01. The summed E-state index contributed by atoms with van der Waals surface area (Å²) in [5.74, 6) is 0. The van der Waals surface area contributed by atoms with E-state index in [-0.39, 0.29) is 0 Å². The van der Waals surface area contributed by atoms with Crippen molar-refractivity contribution in [2.45, 2.75) is 0 Å². The maximum absolute atomic E-state index is 4.16. The van der Waals surface area contributed by atoms with Crippen LogP contribution in [0.4, 0.5) is 0 Å². The Labute approximate surface area is 56.0 Å². The third-order valence-electron chi connectivity index (χ3n) is 1.66. The van der Waals surface area contributed by atoms with Crippen LogP contribution < -0.4 is 0 Å². The summed E-state index contributed by atoms with van der Waals surface area (Å²) in [5, 5.41) is 7.02. The second-order valence-electron chi connectivity index (χ2n) is 2.23. The highest BCUT2D eigenvalue weighted by atomic mass is 32.1. The van der Waals surface area contributed by atoms with Crippen molar-refractivity contribution in [1.82, 2.24) is 4.98 Å². The molecule has 1 nitrogen and oxygen atoms in total. The smallest absolute Gasteiger partial charge is 0.0981 e. The van der Waals surface area contributed by atoms with Crippen molar-refractivity contribution < 1.29 is 0 Å². The van der Waals surface area contributed by atoms with E-state index in [0.29, 0.717) is 0 Å². The van der Waals surface area contributed by atoms with Crippen molar-refractivity contribution in [2.24, 2.45) is 0 Å². The molecule has 0 radical (unpaired) electrons. The van der Waals surface area contributed by atoms with Gasteiger partial charge in [0.25, 0.3) is 0 Å². The summed E-state index contributed by atoms with van der Waals surface area (Å²) < 4.78 is 0. The SMILES string of the molecule is c1scc2c3nc-3cc12. The van der Waals surface area contributed by atoms with Crippen molar-refractivity contribution in [3.8, 4) is 11.4 Å². The molecular formula is C7H3NS. The van der Waals surface area contributed by atoms with Crippen LogP contribution in [-0.2, 0) is 0 Å². The third kappa shape index (κ3) is 0.348. The summed E-state index contributed by atoms with van der Waals surface area (Å²) in [6, 6.07) is 2.14. The van der Waals surface area contributed by atoms with Crippen LogP contribution in [0.1, 0.15) is 0 Å². The lowest BCUT2D eigenvalue weighted by atomic mass is 10.4. The highest BCUT2D eigenvalue weighted by Gasteiger charge is 2.20. The third-order valence-corrected chi connectivity index (χ3v) is 2.43. The van der Waals surface area contributed by atoms with Gasteiger partial charge in [-0.1, -0.05) is 0 Å². The average molecular weight is 133 g/mol. The topological polar surface area (TPSA) is 12.9 Å². The van der Waals surface area contributed by atoms with E-state index >= 15 is 0 Å². The molecule has 3 rings (SSSR count). The van der Waals surface area contributed by atoms with E-state index in [1.165, 1.54) is 22.2 Å². The van der Waals surface area contributed by atoms with Gasteiger partial charge in [0.05, 0.1) is 11.4 Å². The second-order valence-corrected chi connectivity index (χ2v) is 2.97. The fourth-order valence-electron chi connectivity index (χ4n) is 1.15. The molecule has 0 atom stereocenters. The lowest BCUT2D eigenvalue weighted by molar-refractivity contribution is 1.70. The molecule has 2 heteroatoms. The Morgan fingerprint density at radius 3 is 3.22 bits per heavy atom. The number of hydrogen-bond acceptors (Lipinski definition) is 2. The molecule has 0 saturated heterocycles. The Balaban J connectivity index is 2.74. The lowest BCUT2D eigenvalue weighted by Gasteiger charge is -1.67. The van der Waals surface area contributed by atoms with Crippen molar-refractivity contribution in [2.75, 3.05) is 0 Å². The Bertz CT molecular complexity index is 389. The van der Waals surface area contributed by atoms with Crippen LogP contribution in [-0.4, -0.2) is 4.98 Å². The Morgan fingerprint density at radius 2 is 2.33 bits per heavy atom. The highest BCUT2D eigenvalue weighted by Crippen LogP contribution is 2.39. The largest absolute Gasteiger partial charge is 0.244 e. The number of nitrogens with zero attached hydrogens (tertiary/aromatic N) is 1. The normalized spacial score (nSPS) is 12.4. The first-order chi connectivity index (χ1) is 4.45. The number of rotatable bonds is 0. The fourth-order valence-corrected chi connectivity index (χ4v) is 1.94. The molecule has 0 bridgehead atoms. The van der Waals surface area contributed by atoms with Gasteiger partial charge in [-0.15, -0.1) is 0 Å². The molecule has 1 aliphatic carbocycles. The van der Waals surface area contributed by atoms with Gasteiger partial charge in [0, 0.05) is 10.8 Å². The molecule has 1 aliphatic heterocycles. The Kier molecular flexibility index (Phi) is 0.456. The highest BCUT2D eigenvalue weighted by molar-refractivity contribution is 7.09. The van der Waals surface area contributed by atoms with Gasteiger partial charge < -0.3 is 0 Å². The van der Waals surface area contributed by atoms with E-state index < -0.39 is 0 Å². The average Bonchev–Trinajstić information content (AvgIpc) is 2.38. The maximum atomic E-state index is 4.16. The van der Waals surface area contributed by atoms with Crippen LogP contribution in [0.3, 0.4) is 0 Å². The minimum atomic E-state index is 1.20. The number of fused-ring (bicyclic) bond motifs is 3. The molecular weight excluding hydrogens is 130 g/mol. The predicted molar refractivity (Wildman–Crippen MR) is 38.6 cm³/mol. The van der Waals surface area contributed by atoms with Gasteiger partial charge in [0.15, 0.2) is 0 Å². The minimum Gasteiger partial charge on any atom is -0.244 e. The predicted octanol–water partition coefficient (Wildman–Crippen LogP) is 2.28. The van der Waals surface area contributed by atoms with Crippen LogP contribution in [0, 0.1) is 0 Å². The monoisotopic (exact) mass is 133 g/mol. The van der Waals surface area contributed by atoms with E-state index in [1.54, 1.807) is 11.3 Å². The van der Waals surface area contributed by atoms with Crippen LogP contribution in [0.2, 0.25) is 0 Å². The maximum Gasteiger partial charge on any atom is 0.0981 e. The van der Waals surface area contributed by atoms with E-state index in [9.17, 15) is 0 Å². The molecule has 42 valence electrons. The molecule has 0 unspecified atom stereocenters. The first-order valence-electron chi connectivity index (χ1n) is 2.82. The van der Waals surface area contributed by atoms with Crippen molar-refractivity contribution in [3.05, 3.63) is 16.8 Å². The zero-order chi connectivity index (χ0) is 5.84. The van der Waals surface area contributed by atoms with Gasteiger partial charge in [-0.2, -0.15) is 11.3 Å². The summed E-state index contributed by atoms with van der Waals surface area (Å²) in [4.78, 5) is 4.16. The van der Waals surface area contributed by atoms with Gasteiger partial charge in [0.2, 0.25) is 0 Å². The van der Waals surface area contributed by atoms with E-state index in [4.69, 9.17) is 0 Å². The molecule has 2 heterocycles. The summed E-state index contributed by atoms with van der Waals surface area (Å²) in [5.41, 5.74) is 2.43. The van der Waals surface area contributed by atoms with Crippen LogP contribution >= 0.6 is 11.3 Å². The number of thiophene rings is 1. The summed E-state index contributed by atoms with van der Waals surface area (Å²) in [7, 11) is 0. The van der Waals surface area contributed by atoms with Gasteiger partial charge in [-0.25, -0.2) is 4.98 Å². The van der Waals surface area contributed by atoms with Gasteiger partial charge in [-0.05, 0) is 16.8 Å². The first-order valence-corrected chi connectivity index (χ1v) is 3.77. The zero-order valence-corrected chi connectivity index (χ0v) is 5.40. The molecule has 0 N–H and O–H groups in total. The second kappa shape index (κ2) is 1.02. The van der Waals surface area contributed by atoms with Crippen LogP contribution in [0.5, 0.6) is 0 Å². The van der Waals surface area contributed by atoms with E-state index in [0.717, 1.165) is 0 Å². The summed E-state index contributed by atoms with van der Waals surface area (Å²) in [6.45, 7) is 0. The summed E-state index contributed by atoms with van der Waals surface area (Å²) >= 11 is 1.75. The van der Waals surface area contributed by atoms with Gasteiger partial charge >= 0.3 is 0 Å². The quantitative estimate of drug-likeness (QED) is 0.458. The molecule has 0 spiro atoms. The fraction of sp³-hybridized carbons (Fsp3) is 0. The zero-order valence-electron chi connectivity index (χ0n) is 4.59. The van der Waals surface area contributed by atoms with Crippen molar-refractivity contribution >= 4 is 22.1 Å². The lowest BCUT2D eigenvalue weighted by Crippen LogP contribution is -1.45. The molecule has 2 aliphatic rings. The van der Waals surface area contributed by atoms with Gasteiger partial charge in [0.1, 0.15) is 0 Å². The molecule has 1 aromatic rings. The molecule has 0 saturated carbocycles. The molecule has 9 heavy (non-hydrogen) atoms. The summed E-state index contributed by atoms with van der Waals surface area (Å²) in [6.07, 6.45) is 0. The standard InChI is InChI=1S/C7H3NS/c1-4-2-9-3-5(4)7-6(1)8-7/h1-3H. The molecule has 0 amide bonds. The molecule has 0 aromatic carbocycles. The Morgan fingerprint density at radius 1 is 1.33 bits per heavy atom. The molecule has 1 aromatic heterocycles. The van der Waals surface area contributed by atoms with Gasteiger partial charge in [-0.3, -0.25) is 0 Å². The van der Waals surface area contributed by atoms with Crippen molar-refractivity contribution in [3.63, 3.8) is 0 Å². The Hall–Kier alpha value is -0.890. The number of hydrogen-bond donors (Lipinski definition) is 0.